The van der Waals surface area contributed by atoms with Crippen LogP contribution in [0.3, 0.4) is 0 Å². The van der Waals surface area contributed by atoms with Gasteiger partial charge in [0.15, 0.2) is 0 Å². The second kappa shape index (κ2) is 11.0. The van der Waals surface area contributed by atoms with E-state index < -0.39 is 0 Å². The number of hydrogen-bond donors (Lipinski definition) is 0. The van der Waals surface area contributed by atoms with Gasteiger partial charge in [-0.3, -0.25) is 4.39 Å². The number of rotatable bonds is 1. The molecule has 1 rings (SSSR count). The first-order valence-electron chi connectivity index (χ1n) is 5.82. The standard InChI is InChI=1S/C9H19N.C2H6.CH3F/c1-8(2)10-6-4-5-9(3)7-10;2*1-2/h8-9H,4-7H2,1-3H3;1-2H3;1H3. The van der Waals surface area contributed by atoms with Crippen LogP contribution < -0.4 is 0 Å². The first kappa shape index (κ1) is 16.3. The molecule has 88 valence electrons. The maximum Gasteiger partial charge on any atom is 0.0785 e. The van der Waals surface area contributed by atoms with Crippen molar-refractivity contribution in [1.82, 2.24) is 4.90 Å². The SMILES string of the molecule is CC.CC1CCCN(C(C)C)C1.CF. The third-order valence-corrected chi connectivity index (χ3v) is 2.42. The molecule has 0 N–H and O–H groups in total. The normalized spacial score (nSPS) is 21.9. The van der Waals surface area contributed by atoms with E-state index in [0.717, 1.165) is 12.0 Å². The van der Waals surface area contributed by atoms with Gasteiger partial charge in [-0.05, 0) is 39.2 Å². The molecule has 0 amide bonds. The van der Waals surface area contributed by atoms with Crippen LogP contribution in [0.2, 0.25) is 0 Å². The van der Waals surface area contributed by atoms with Gasteiger partial charge in [-0.1, -0.05) is 20.8 Å². The topological polar surface area (TPSA) is 3.24 Å². The van der Waals surface area contributed by atoms with E-state index in [4.69, 9.17) is 0 Å². The molecule has 1 nitrogen and oxygen atoms in total. The highest BCUT2D eigenvalue weighted by Crippen LogP contribution is 2.16. The zero-order valence-electron chi connectivity index (χ0n) is 10.8. The Bertz CT molecular complexity index is 104. The first-order chi connectivity index (χ1) is 6.70. The number of alkyl halides is 1. The Morgan fingerprint density at radius 2 is 1.71 bits per heavy atom. The van der Waals surface area contributed by atoms with Gasteiger partial charge in [-0.15, -0.1) is 0 Å². The van der Waals surface area contributed by atoms with Crippen LogP contribution in [-0.4, -0.2) is 31.2 Å². The molecular formula is C12H28FN. The molecule has 1 fully saturated rings. The molecule has 1 heterocycles. The molecular weight excluding hydrogens is 177 g/mol. The van der Waals surface area contributed by atoms with Crippen LogP contribution in [0.25, 0.3) is 0 Å². The predicted octanol–water partition coefficient (Wildman–Crippen LogP) is 3.74. The molecule has 1 unspecified atom stereocenters. The lowest BCUT2D eigenvalue weighted by atomic mass is 9.99. The Morgan fingerprint density at radius 1 is 1.21 bits per heavy atom. The van der Waals surface area contributed by atoms with E-state index in [2.05, 4.69) is 25.7 Å². The Morgan fingerprint density at radius 3 is 2.00 bits per heavy atom. The quantitative estimate of drug-likeness (QED) is 0.630. The van der Waals surface area contributed by atoms with Gasteiger partial charge in [0, 0.05) is 12.6 Å². The second-order valence-corrected chi connectivity index (χ2v) is 3.84. The van der Waals surface area contributed by atoms with Gasteiger partial charge in [0.1, 0.15) is 0 Å². The van der Waals surface area contributed by atoms with Gasteiger partial charge in [0.2, 0.25) is 0 Å². The van der Waals surface area contributed by atoms with Gasteiger partial charge in [0.25, 0.3) is 0 Å². The molecule has 0 aromatic heterocycles. The van der Waals surface area contributed by atoms with Crippen LogP contribution in [0.15, 0.2) is 0 Å². The summed E-state index contributed by atoms with van der Waals surface area (Å²) in [4.78, 5) is 2.58. The summed E-state index contributed by atoms with van der Waals surface area (Å²) in [5.41, 5.74) is 0. The number of piperidine rings is 1. The number of hydrogen-bond acceptors (Lipinski definition) is 1. The minimum atomic E-state index is 0.500. The van der Waals surface area contributed by atoms with Crippen LogP contribution >= 0.6 is 0 Å². The minimum absolute atomic E-state index is 0.500. The molecule has 14 heavy (non-hydrogen) atoms. The van der Waals surface area contributed by atoms with Gasteiger partial charge in [-0.25, -0.2) is 0 Å². The molecule has 0 saturated carbocycles. The van der Waals surface area contributed by atoms with Crippen LogP contribution in [0, 0.1) is 5.92 Å². The molecule has 0 aliphatic carbocycles. The summed E-state index contributed by atoms with van der Waals surface area (Å²) < 4.78 is 9.50. The molecule has 0 radical (unpaired) electrons. The van der Waals surface area contributed by atoms with Crippen molar-refractivity contribution in [2.45, 2.75) is 53.5 Å². The second-order valence-electron chi connectivity index (χ2n) is 3.84. The average Bonchev–Trinajstić information content (AvgIpc) is 2.24. The highest BCUT2D eigenvalue weighted by Gasteiger charge is 2.17. The van der Waals surface area contributed by atoms with Crippen molar-refractivity contribution >= 4 is 0 Å². The predicted molar refractivity (Wildman–Crippen MR) is 63.5 cm³/mol. The van der Waals surface area contributed by atoms with Crippen molar-refractivity contribution in [3.8, 4) is 0 Å². The molecule has 1 saturated heterocycles. The molecule has 0 aromatic carbocycles. The fraction of sp³-hybridized carbons (Fsp3) is 1.00. The van der Waals surface area contributed by atoms with E-state index in [1.54, 1.807) is 0 Å². The third kappa shape index (κ3) is 7.31. The Labute approximate surface area is 89.7 Å². The molecule has 1 aliphatic rings. The van der Waals surface area contributed by atoms with E-state index in [-0.39, 0.29) is 0 Å². The fourth-order valence-electron chi connectivity index (χ4n) is 1.69. The minimum Gasteiger partial charge on any atom is -0.301 e. The van der Waals surface area contributed by atoms with Crippen molar-refractivity contribution < 1.29 is 4.39 Å². The Hall–Kier alpha value is -0.110. The van der Waals surface area contributed by atoms with E-state index >= 15 is 0 Å². The Kier molecular flexibility index (Phi) is 12.8. The summed E-state index contributed by atoms with van der Waals surface area (Å²) in [6.45, 7) is 13.6. The zero-order valence-corrected chi connectivity index (χ0v) is 10.8. The van der Waals surface area contributed by atoms with E-state index in [0.29, 0.717) is 7.18 Å². The van der Waals surface area contributed by atoms with Crippen molar-refractivity contribution in [3.63, 3.8) is 0 Å². The summed E-state index contributed by atoms with van der Waals surface area (Å²) in [5.74, 6) is 0.927. The van der Waals surface area contributed by atoms with Crippen LogP contribution in [0.1, 0.15) is 47.5 Å². The van der Waals surface area contributed by atoms with Gasteiger partial charge in [-0.2, -0.15) is 0 Å². The summed E-state index contributed by atoms with van der Waals surface area (Å²) in [5, 5.41) is 0. The molecule has 2 heteroatoms. The monoisotopic (exact) mass is 205 g/mol. The van der Waals surface area contributed by atoms with Gasteiger partial charge < -0.3 is 4.90 Å². The zero-order chi connectivity index (χ0) is 11.6. The van der Waals surface area contributed by atoms with Crippen molar-refractivity contribution in [3.05, 3.63) is 0 Å². The van der Waals surface area contributed by atoms with Crippen molar-refractivity contribution in [2.24, 2.45) is 5.92 Å². The van der Waals surface area contributed by atoms with E-state index in [1.165, 1.54) is 25.9 Å². The van der Waals surface area contributed by atoms with Crippen LogP contribution in [0.5, 0.6) is 0 Å². The largest absolute Gasteiger partial charge is 0.301 e. The molecule has 1 atom stereocenters. The molecule has 0 bridgehead atoms. The lowest BCUT2D eigenvalue weighted by Crippen LogP contribution is -2.38. The Balaban J connectivity index is 0. The molecule has 0 spiro atoms. The summed E-state index contributed by atoms with van der Waals surface area (Å²) in [6, 6.07) is 0.753. The summed E-state index contributed by atoms with van der Waals surface area (Å²) in [7, 11) is 0.500. The van der Waals surface area contributed by atoms with Gasteiger partial charge >= 0.3 is 0 Å². The third-order valence-electron chi connectivity index (χ3n) is 2.42. The maximum absolute atomic E-state index is 9.50. The molecule has 0 aromatic rings. The smallest absolute Gasteiger partial charge is 0.0785 e. The van der Waals surface area contributed by atoms with Crippen LogP contribution in [-0.2, 0) is 0 Å². The van der Waals surface area contributed by atoms with Gasteiger partial charge in [0.05, 0.1) is 7.18 Å². The number of nitrogens with zero attached hydrogens (tertiary/aromatic N) is 1. The van der Waals surface area contributed by atoms with Crippen molar-refractivity contribution in [2.75, 3.05) is 20.3 Å². The molecule has 1 aliphatic heterocycles. The fourth-order valence-corrected chi connectivity index (χ4v) is 1.69. The lowest BCUT2D eigenvalue weighted by molar-refractivity contribution is 0.147. The average molecular weight is 205 g/mol. The highest BCUT2D eigenvalue weighted by molar-refractivity contribution is 4.71. The maximum atomic E-state index is 9.50. The van der Waals surface area contributed by atoms with Crippen molar-refractivity contribution in [1.29, 1.82) is 0 Å². The lowest BCUT2D eigenvalue weighted by Gasteiger charge is -2.33. The summed E-state index contributed by atoms with van der Waals surface area (Å²) in [6.07, 6.45) is 2.84. The van der Waals surface area contributed by atoms with E-state index in [9.17, 15) is 4.39 Å². The summed E-state index contributed by atoms with van der Waals surface area (Å²) >= 11 is 0. The van der Waals surface area contributed by atoms with E-state index in [1.807, 2.05) is 13.8 Å². The highest BCUT2D eigenvalue weighted by atomic mass is 19.1. The number of likely N-dealkylation sites (tertiary alicyclic amines) is 1. The van der Waals surface area contributed by atoms with Crippen LogP contribution in [0.4, 0.5) is 4.39 Å². The first-order valence-corrected chi connectivity index (χ1v) is 5.82. The number of halogens is 1.